The van der Waals surface area contributed by atoms with Crippen molar-refractivity contribution < 1.29 is 24.2 Å². The minimum absolute atomic E-state index is 0.00108. The molecule has 2 aliphatic carbocycles. The van der Waals surface area contributed by atoms with E-state index >= 15 is 0 Å². The second-order valence-corrected chi connectivity index (χ2v) is 9.96. The first-order chi connectivity index (χ1) is 16.8. The molecule has 1 fully saturated rings. The highest BCUT2D eigenvalue weighted by Crippen LogP contribution is 2.44. The SMILES string of the molecule is CC(C)C(CNC(=O)[C@@H]1CCC[C@H](NC(=O)OCC2c3ccccc3-c3ccccc32)C1)C(=O)O. The maximum atomic E-state index is 12.7. The predicted octanol–water partition coefficient (Wildman–Crippen LogP) is 4.56. The van der Waals surface area contributed by atoms with Crippen molar-refractivity contribution in [2.24, 2.45) is 17.8 Å². The smallest absolute Gasteiger partial charge is 0.407 e. The topological polar surface area (TPSA) is 105 Å². The standard InChI is InChI=1S/C28H34N2O5/c1-17(2)24(27(32)33)15-29-26(31)18-8-7-9-19(14-18)30-28(34)35-16-25-22-12-5-3-10-20(22)21-11-4-6-13-23(21)25/h3-6,10-13,17-19,24-25H,7-9,14-16H2,1-2H3,(H,29,31)(H,30,34)(H,32,33)/t18-,19+,24?/m1/s1. The molecule has 7 nitrogen and oxygen atoms in total. The molecule has 4 rings (SSSR count). The third kappa shape index (κ3) is 5.66. The molecule has 1 saturated carbocycles. The molecule has 2 aliphatic rings. The number of carboxylic acid groups (broad SMARTS) is 1. The van der Waals surface area contributed by atoms with Gasteiger partial charge in [-0.1, -0.05) is 68.8 Å². The zero-order valence-corrected chi connectivity index (χ0v) is 20.3. The van der Waals surface area contributed by atoms with Crippen LogP contribution < -0.4 is 10.6 Å². The van der Waals surface area contributed by atoms with Crippen molar-refractivity contribution in [1.82, 2.24) is 10.6 Å². The lowest BCUT2D eigenvalue weighted by molar-refractivity contribution is -0.143. The summed E-state index contributed by atoms with van der Waals surface area (Å²) in [6, 6.07) is 16.3. The molecule has 2 aromatic rings. The molecule has 0 saturated heterocycles. The second-order valence-electron chi connectivity index (χ2n) is 9.96. The number of carbonyl (C=O) groups excluding carboxylic acids is 2. The van der Waals surface area contributed by atoms with Gasteiger partial charge < -0.3 is 20.5 Å². The van der Waals surface area contributed by atoms with Gasteiger partial charge in [0.2, 0.25) is 5.91 Å². The number of amides is 2. The van der Waals surface area contributed by atoms with E-state index in [-0.39, 0.29) is 42.9 Å². The highest BCUT2D eigenvalue weighted by molar-refractivity contribution is 5.80. The monoisotopic (exact) mass is 478 g/mol. The fourth-order valence-electron chi connectivity index (χ4n) is 5.33. The molecule has 35 heavy (non-hydrogen) atoms. The van der Waals surface area contributed by atoms with E-state index in [0.717, 1.165) is 30.4 Å². The van der Waals surface area contributed by atoms with Crippen molar-refractivity contribution in [3.63, 3.8) is 0 Å². The lowest BCUT2D eigenvalue weighted by atomic mass is 9.85. The Bertz CT molecular complexity index is 1040. The van der Waals surface area contributed by atoms with Gasteiger partial charge in [-0.15, -0.1) is 0 Å². The van der Waals surface area contributed by atoms with Gasteiger partial charge in [0.1, 0.15) is 6.61 Å². The number of alkyl carbamates (subject to hydrolysis) is 1. The van der Waals surface area contributed by atoms with Crippen molar-refractivity contribution in [2.75, 3.05) is 13.2 Å². The van der Waals surface area contributed by atoms with E-state index in [0.29, 0.717) is 6.42 Å². The van der Waals surface area contributed by atoms with Crippen LogP contribution in [0.25, 0.3) is 11.1 Å². The van der Waals surface area contributed by atoms with Crippen LogP contribution >= 0.6 is 0 Å². The summed E-state index contributed by atoms with van der Waals surface area (Å²) >= 11 is 0. The van der Waals surface area contributed by atoms with Crippen LogP contribution in [0.15, 0.2) is 48.5 Å². The number of hydrogen-bond donors (Lipinski definition) is 3. The molecular weight excluding hydrogens is 444 g/mol. The van der Waals surface area contributed by atoms with E-state index in [2.05, 4.69) is 34.9 Å². The van der Waals surface area contributed by atoms with Crippen LogP contribution in [-0.4, -0.2) is 42.3 Å². The normalized spacial score (nSPS) is 20.0. The Morgan fingerprint density at radius 2 is 1.63 bits per heavy atom. The lowest BCUT2D eigenvalue weighted by Gasteiger charge is -2.29. The number of rotatable bonds is 8. The Balaban J connectivity index is 1.29. The van der Waals surface area contributed by atoms with Crippen molar-refractivity contribution in [2.45, 2.75) is 51.5 Å². The number of hydrogen-bond acceptors (Lipinski definition) is 4. The Morgan fingerprint density at radius 1 is 1.00 bits per heavy atom. The molecule has 0 radical (unpaired) electrons. The zero-order valence-electron chi connectivity index (χ0n) is 20.3. The highest BCUT2D eigenvalue weighted by Gasteiger charge is 2.32. The van der Waals surface area contributed by atoms with Gasteiger partial charge in [0, 0.05) is 24.4 Å². The summed E-state index contributed by atoms with van der Waals surface area (Å²) < 4.78 is 5.65. The molecule has 1 unspecified atom stereocenters. The van der Waals surface area contributed by atoms with Crippen molar-refractivity contribution >= 4 is 18.0 Å². The number of carbonyl (C=O) groups is 3. The number of fused-ring (bicyclic) bond motifs is 3. The zero-order chi connectivity index (χ0) is 24.9. The first-order valence-corrected chi connectivity index (χ1v) is 12.5. The number of nitrogens with one attached hydrogen (secondary N) is 2. The lowest BCUT2D eigenvalue weighted by Crippen LogP contribution is -2.44. The van der Waals surface area contributed by atoms with E-state index in [1.807, 2.05) is 38.1 Å². The molecule has 0 heterocycles. The summed E-state index contributed by atoms with van der Waals surface area (Å²) in [5.74, 6) is -1.97. The molecule has 0 bridgehead atoms. The minimum atomic E-state index is -0.904. The summed E-state index contributed by atoms with van der Waals surface area (Å²) in [7, 11) is 0. The summed E-state index contributed by atoms with van der Waals surface area (Å²) in [6.07, 6.45) is 2.39. The van der Waals surface area contributed by atoms with E-state index in [9.17, 15) is 19.5 Å². The van der Waals surface area contributed by atoms with Gasteiger partial charge in [-0.3, -0.25) is 9.59 Å². The van der Waals surface area contributed by atoms with E-state index in [1.165, 1.54) is 11.1 Å². The summed E-state index contributed by atoms with van der Waals surface area (Å²) in [6.45, 7) is 4.04. The minimum Gasteiger partial charge on any atom is -0.481 e. The molecule has 7 heteroatoms. The number of aliphatic carboxylic acids is 1. The average Bonchev–Trinajstić information content (AvgIpc) is 3.16. The van der Waals surface area contributed by atoms with E-state index in [1.54, 1.807) is 0 Å². The Labute approximate surface area is 206 Å². The average molecular weight is 479 g/mol. The van der Waals surface area contributed by atoms with Crippen molar-refractivity contribution in [3.05, 3.63) is 59.7 Å². The van der Waals surface area contributed by atoms with Gasteiger partial charge in [-0.25, -0.2) is 4.79 Å². The molecule has 3 atom stereocenters. The van der Waals surface area contributed by atoms with Gasteiger partial charge in [-0.2, -0.15) is 0 Å². The van der Waals surface area contributed by atoms with Crippen LogP contribution in [-0.2, 0) is 14.3 Å². The Kier molecular flexibility index (Phi) is 7.73. The molecule has 0 aromatic heterocycles. The molecule has 2 amide bonds. The Morgan fingerprint density at radius 3 is 2.23 bits per heavy atom. The number of carboxylic acids is 1. The number of benzene rings is 2. The van der Waals surface area contributed by atoms with Crippen LogP contribution in [0, 0.1) is 17.8 Å². The van der Waals surface area contributed by atoms with E-state index < -0.39 is 18.0 Å². The van der Waals surface area contributed by atoms with Crippen LogP contribution in [0.2, 0.25) is 0 Å². The van der Waals surface area contributed by atoms with Gasteiger partial charge in [-0.05, 0) is 47.4 Å². The predicted molar refractivity (Wildman–Crippen MR) is 133 cm³/mol. The maximum absolute atomic E-state index is 12.7. The van der Waals surface area contributed by atoms with E-state index in [4.69, 9.17) is 4.74 Å². The quantitative estimate of drug-likeness (QED) is 0.516. The maximum Gasteiger partial charge on any atom is 0.407 e. The van der Waals surface area contributed by atoms with Crippen LogP contribution in [0.1, 0.15) is 56.6 Å². The van der Waals surface area contributed by atoms with Crippen LogP contribution in [0.3, 0.4) is 0 Å². The summed E-state index contributed by atoms with van der Waals surface area (Å²) in [5.41, 5.74) is 4.69. The first-order valence-electron chi connectivity index (χ1n) is 12.5. The molecule has 2 aromatic carbocycles. The second kappa shape index (κ2) is 10.9. The molecule has 0 spiro atoms. The largest absolute Gasteiger partial charge is 0.481 e. The van der Waals surface area contributed by atoms with Gasteiger partial charge in [0.15, 0.2) is 0 Å². The molecule has 3 N–H and O–H groups in total. The van der Waals surface area contributed by atoms with Crippen LogP contribution in [0.4, 0.5) is 4.79 Å². The molecular formula is C28H34N2O5. The summed E-state index contributed by atoms with van der Waals surface area (Å²) in [5, 5.41) is 15.1. The highest BCUT2D eigenvalue weighted by atomic mass is 16.5. The fourth-order valence-corrected chi connectivity index (χ4v) is 5.33. The first kappa shape index (κ1) is 24.8. The van der Waals surface area contributed by atoms with Gasteiger partial charge in [0.25, 0.3) is 0 Å². The third-order valence-electron chi connectivity index (χ3n) is 7.33. The fraction of sp³-hybridized carbons (Fsp3) is 0.464. The molecule has 186 valence electrons. The van der Waals surface area contributed by atoms with Crippen LogP contribution in [0.5, 0.6) is 0 Å². The third-order valence-corrected chi connectivity index (χ3v) is 7.33. The molecule has 0 aliphatic heterocycles. The summed E-state index contributed by atoms with van der Waals surface area (Å²) in [4.78, 5) is 36.7. The van der Waals surface area contributed by atoms with Gasteiger partial charge >= 0.3 is 12.1 Å². The Hall–Kier alpha value is -3.35. The van der Waals surface area contributed by atoms with Gasteiger partial charge in [0.05, 0.1) is 5.92 Å². The number of ether oxygens (including phenoxy) is 1. The van der Waals surface area contributed by atoms with Crippen molar-refractivity contribution in [1.29, 1.82) is 0 Å². The van der Waals surface area contributed by atoms with Crippen molar-refractivity contribution in [3.8, 4) is 11.1 Å².